The number of hydrogen-bond donors (Lipinski definition) is 0. The molecule has 1 aliphatic rings. The van der Waals surface area contributed by atoms with Crippen molar-refractivity contribution in [3.05, 3.63) is 144 Å². The minimum atomic E-state index is -0.801. The summed E-state index contributed by atoms with van der Waals surface area (Å²) >= 11 is 0. The number of esters is 6. The maximum absolute atomic E-state index is 13.0. The largest absolute Gasteiger partial charge is 0.425 e. The molecular formula is C38H28O12. The second kappa shape index (κ2) is 15.4. The zero-order valence-corrected chi connectivity index (χ0v) is 26.5. The Hall–Kier alpha value is -6.82. The molecule has 0 saturated carbocycles. The molecule has 4 aromatic carbocycles. The van der Waals surface area contributed by atoms with Gasteiger partial charge in [-0.1, -0.05) is 44.3 Å². The first-order chi connectivity index (χ1) is 24.1. The molecule has 12 nitrogen and oxygen atoms in total. The van der Waals surface area contributed by atoms with E-state index in [2.05, 4.69) is 22.6 Å². The molecule has 0 saturated heterocycles. The summed E-state index contributed by atoms with van der Waals surface area (Å²) in [5.74, 6) is -4.11. The van der Waals surface area contributed by atoms with Gasteiger partial charge in [0.25, 0.3) is 0 Å². The zero-order chi connectivity index (χ0) is 35.8. The molecule has 0 atom stereocenters. The average Bonchev–Trinajstić information content (AvgIpc) is 3.41. The van der Waals surface area contributed by atoms with Crippen LogP contribution in [-0.2, 0) is 28.5 Å². The standard InChI is InChI=1S/C38H28O12/c1-4-33(39)45-20-47-35(41)23-8-6-10-25(16-23)37(43)49-27-12-14-29-30-15-13-28(19-32(30)22(3)31(29)18-27)50-38(44)26-11-7-9-24(17-26)36(42)48-21-46-34(40)5-2/h4-19,22H,1-2,20-21H2,3H3. The molecule has 0 amide bonds. The van der Waals surface area contributed by atoms with Gasteiger partial charge in [-0.05, 0) is 82.9 Å². The van der Waals surface area contributed by atoms with Crippen LogP contribution in [0.5, 0.6) is 11.5 Å². The van der Waals surface area contributed by atoms with Crippen molar-refractivity contribution >= 4 is 35.8 Å². The van der Waals surface area contributed by atoms with E-state index in [1.807, 2.05) is 19.1 Å². The van der Waals surface area contributed by atoms with E-state index in [0.29, 0.717) is 0 Å². The van der Waals surface area contributed by atoms with Gasteiger partial charge in [-0.3, -0.25) is 0 Å². The molecule has 0 heterocycles. The number of rotatable bonds is 12. The lowest BCUT2D eigenvalue weighted by atomic mass is 9.99. The van der Waals surface area contributed by atoms with E-state index in [9.17, 15) is 28.8 Å². The first-order valence-electron chi connectivity index (χ1n) is 14.9. The van der Waals surface area contributed by atoms with Crippen LogP contribution < -0.4 is 9.47 Å². The van der Waals surface area contributed by atoms with E-state index in [1.165, 1.54) is 48.5 Å². The minimum Gasteiger partial charge on any atom is -0.425 e. The molecule has 0 aromatic heterocycles. The molecule has 0 N–H and O–H groups in total. The summed E-state index contributed by atoms with van der Waals surface area (Å²) in [6, 6.07) is 21.9. The summed E-state index contributed by atoms with van der Waals surface area (Å²) in [7, 11) is 0. The third-order valence-electron chi connectivity index (χ3n) is 7.47. The highest BCUT2D eigenvalue weighted by atomic mass is 16.7. The molecule has 0 unspecified atom stereocenters. The Labute approximate surface area is 285 Å². The highest BCUT2D eigenvalue weighted by Gasteiger charge is 2.27. The Kier molecular flexibility index (Phi) is 10.6. The van der Waals surface area contributed by atoms with Crippen LogP contribution in [0.15, 0.2) is 110 Å². The summed E-state index contributed by atoms with van der Waals surface area (Å²) in [6.45, 7) is 7.25. The van der Waals surface area contributed by atoms with Gasteiger partial charge in [-0.25, -0.2) is 28.8 Å². The van der Waals surface area contributed by atoms with Gasteiger partial charge in [0.05, 0.1) is 22.3 Å². The fraction of sp³-hybridized carbons (Fsp3) is 0.105. The number of carbonyl (C=O) groups excluding carboxylic acids is 6. The van der Waals surface area contributed by atoms with Gasteiger partial charge in [0.2, 0.25) is 13.6 Å². The van der Waals surface area contributed by atoms with Gasteiger partial charge < -0.3 is 28.4 Å². The molecule has 4 aromatic rings. The summed E-state index contributed by atoms with van der Waals surface area (Å²) in [4.78, 5) is 72.9. The normalized spacial score (nSPS) is 11.2. The average molecular weight is 677 g/mol. The smallest absolute Gasteiger partial charge is 0.343 e. The van der Waals surface area contributed by atoms with Gasteiger partial charge in [-0.15, -0.1) is 0 Å². The van der Waals surface area contributed by atoms with Gasteiger partial charge >= 0.3 is 35.8 Å². The molecule has 12 heteroatoms. The van der Waals surface area contributed by atoms with E-state index in [-0.39, 0.29) is 39.7 Å². The third kappa shape index (κ3) is 8.00. The zero-order valence-electron chi connectivity index (χ0n) is 26.5. The maximum atomic E-state index is 13.0. The lowest BCUT2D eigenvalue weighted by Gasteiger charge is -2.11. The fourth-order valence-corrected chi connectivity index (χ4v) is 5.03. The molecule has 0 bridgehead atoms. The number of carbonyl (C=O) groups is 6. The van der Waals surface area contributed by atoms with Gasteiger partial charge in [0, 0.05) is 18.1 Å². The fourth-order valence-electron chi connectivity index (χ4n) is 5.03. The Balaban J connectivity index is 1.23. The van der Waals surface area contributed by atoms with Crippen molar-refractivity contribution in [1.82, 2.24) is 0 Å². The Morgan fingerprint density at radius 3 is 1.30 bits per heavy atom. The van der Waals surface area contributed by atoms with E-state index in [1.54, 1.807) is 24.3 Å². The first-order valence-corrected chi connectivity index (χ1v) is 14.9. The van der Waals surface area contributed by atoms with Crippen molar-refractivity contribution in [3.63, 3.8) is 0 Å². The number of fused-ring (bicyclic) bond motifs is 3. The molecule has 5 rings (SSSR count). The highest BCUT2D eigenvalue weighted by molar-refractivity contribution is 5.97. The van der Waals surface area contributed by atoms with Crippen LogP contribution in [0.1, 0.15) is 65.4 Å². The summed E-state index contributed by atoms with van der Waals surface area (Å²) in [6.07, 6.45) is 1.86. The van der Waals surface area contributed by atoms with Crippen LogP contribution in [0.2, 0.25) is 0 Å². The number of ether oxygens (including phenoxy) is 6. The molecule has 1 aliphatic carbocycles. The topological polar surface area (TPSA) is 158 Å². The van der Waals surface area contributed by atoms with Crippen molar-refractivity contribution in [2.45, 2.75) is 12.8 Å². The minimum absolute atomic E-state index is 0.0580. The van der Waals surface area contributed by atoms with Crippen LogP contribution in [-0.4, -0.2) is 49.4 Å². The molecule has 0 aliphatic heterocycles. The monoisotopic (exact) mass is 676 g/mol. The molecule has 0 fully saturated rings. The quantitative estimate of drug-likeness (QED) is 0.0753. The van der Waals surface area contributed by atoms with E-state index >= 15 is 0 Å². The van der Waals surface area contributed by atoms with E-state index in [0.717, 1.165) is 34.4 Å². The van der Waals surface area contributed by atoms with Crippen molar-refractivity contribution in [3.8, 4) is 22.6 Å². The number of benzene rings is 4. The Morgan fingerprint density at radius 2 is 0.920 bits per heavy atom. The van der Waals surface area contributed by atoms with Crippen LogP contribution >= 0.6 is 0 Å². The van der Waals surface area contributed by atoms with E-state index in [4.69, 9.17) is 18.9 Å². The summed E-state index contributed by atoms with van der Waals surface area (Å²) in [5, 5.41) is 0. The predicted molar refractivity (Wildman–Crippen MR) is 175 cm³/mol. The first kappa shape index (κ1) is 34.5. The molecule has 0 radical (unpaired) electrons. The predicted octanol–water partition coefficient (Wildman–Crippen LogP) is 5.94. The molecular weight excluding hydrogens is 648 g/mol. The molecule has 252 valence electrons. The van der Waals surface area contributed by atoms with E-state index < -0.39 is 49.4 Å². The lowest BCUT2D eigenvalue weighted by molar-refractivity contribution is -0.147. The van der Waals surface area contributed by atoms with Crippen molar-refractivity contribution in [2.75, 3.05) is 13.6 Å². The summed E-state index contributed by atoms with van der Waals surface area (Å²) in [5.41, 5.74) is 3.90. The van der Waals surface area contributed by atoms with Gasteiger partial charge in [-0.2, -0.15) is 0 Å². The Bertz CT molecular complexity index is 1900. The molecule has 0 spiro atoms. The van der Waals surface area contributed by atoms with Gasteiger partial charge in [0.15, 0.2) is 0 Å². The van der Waals surface area contributed by atoms with Crippen molar-refractivity contribution in [1.29, 1.82) is 0 Å². The van der Waals surface area contributed by atoms with Crippen molar-refractivity contribution in [2.24, 2.45) is 0 Å². The molecule has 50 heavy (non-hydrogen) atoms. The third-order valence-corrected chi connectivity index (χ3v) is 7.47. The highest BCUT2D eigenvalue weighted by Crippen LogP contribution is 2.47. The SMILES string of the molecule is C=CC(=O)OCOC(=O)c1cccc(C(=O)Oc2ccc3c(c2)C(C)c2cc(OC(=O)c4cccc(C(=O)OCOC(=O)C=C)c4)ccc2-3)c1. The Morgan fingerprint density at radius 1 is 0.540 bits per heavy atom. The lowest BCUT2D eigenvalue weighted by Crippen LogP contribution is -2.13. The van der Waals surface area contributed by atoms with Crippen LogP contribution in [0.4, 0.5) is 0 Å². The second-order valence-electron chi connectivity index (χ2n) is 10.6. The second-order valence-corrected chi connectivity index (χ2v) is 10.6. The van der Waals surface area contributed by atoms with Crippen LogP contribution in [0, 0.1) is 0 Å². The van der Waals surface area contributed by atoms with Crippen molar-refractivity contribution < 1.29 is 57.2 Å². The van der Waals surface area contributed by atoms with Crippen LogP contribution in [0.3, 0.4) is 0 Å². The summed E-state index contributed by atoms with van der Waals surface area (Å²) < 4.78 is 30.3. The number of hydrogen-bond acceptors (Lipinski definition) is 12. The van der Waals surface area contributed by atoms with Gasteiger partial charge in [0.1, 0.15) is 11.5 Å². The van der Waals surface area contributed by atoms with Crippen LogP contribution in [0.25, 0.3) is 11.1 Å². The maximum Gasteiger partial charge on any atom is 0.343 e.